The van der Waals surface area contributed by atoms with Crippen LogP contribution in [0.4, 0.5) is 5.69 Å². The van der Waals surface area contributed by atoms with Crippen LogP contribution in [0.2, 0.25) is 0 Å². The summed E-state index contributed by atoms with van der Waals surface area (Å²) >= 11 is 6.43. The van der Waals surface area contributed by atoms with Crippen molar-refractivity contribution in [2.75, 3.05) is 18.8 Å². The average molecular weight is 498 g/mol. The maximum absolute atomic E-state index is 12.5. The fourth-order valence-corrected chi connectivity index (χ4v) is 5.32. The third-order valence-corrected chi connectivity index (χ3v) is 7.73. The molecule has 0 saturated carbocycles. The number of hydrogen-bond acceptors (Lipinski definition) is 4. The van der Waals surface area contributed by atoms with Crippen LogP contribution in [-0.2, 0) is 20.0 Å². The SMILES string of the molecule is CN(C)S(=O)(=O)c1cccc(NS(=O)(=O)c2cc(Br)ccc2Br)c1. The fraction of sp³-hybridized carbons (Fsp3) is 0.143. The number of halogens is 2. The number of anilines is 1. The summed E-state index contributed by atoms with van der Waals surface area (Å²) in [6, 6.07) is 10.4. The van der Waals surface area contributed by atoms with Crippen LogP contribution in [0.3, 0.4) is 0 Å². The Hall–Kier alpha value is -0.940. The topological polar surface area (TPSA) is 83.6 Å². The first-order chi connectivity index (χ1) is 11.0. The largest absolute Gasteiger partial charge is 0.280 e. The second-order valence-electron chi connectivity index (χ2n) is 5.00. The van der Waals surface area contributed by atoms with Gasteiger partial charge in [0.05, 0.1) is 10.6 Å². The van der Waals surface area contributed by atoms with Crippen LogP contribution >= 0.6 is 31.9 Å². The first-order valence-corrected chi connectivity index (χ1v) is 11.1. The van der Waals surface area contributed by atoms with Gasteiger partial charge in [-0.05, 0) is 52.3 Å². The van der Waals surface area contributed by atoms with E-state index in [1.807, 2.05) is 0 Å². The zero-order chi connectivity index (χ0) is 18.1. The molecule has 1 N–H and O–H groups in total. The zero-order valence-electron chi connectivity index (χ0n) is 12.7. The van der Waals surface area contributed by atoms with Crippen molar-refractivity contribution in [3.8, 4) is 0 Å². The van der Waals surface area contributed by atoms with Gasteiger partial charge in [0.1, 0.15) is 4.90 Å². The van der Waals surface area contributed by atoms with E-state index in [0.29, 0.717) is 8.95 Å². The van der Waals surface area contributed by atoms with Crippen molar-refractivity contribution in [1.82, 2.24) is 4.31 Å². The molecule has 24 heavy (non-hydrogen) atoms. The van der Waals surface area contributed by atoms with E-state index in [-0.39, 0.29) is 15.5 Å². The number of rotatable bonds is 5. The minimum atomic E-state index is -3.88. The summed E-state index contributed by atoms with van der Waals surface area (Å²) in [6.45, 7) is 0. The van der Waals surface area contributed by atoms with E-state index in [2.05, 4.69) is 36.6 Å². The Morgan fingerprint density at radius 3 is 2.25 bits per heavy atom. The molecule has 0 aromatic heterocycles. The van der Waals surface area contributed by atoms with Crippen molar-refractivity contribution in [1.29, 1.82) is 0 Å². The molecule has 0 spiro atoms. The molecular formula is C14H14Br2N2O4S2. The van der Waals surface area contributed by atoms with Crippen LogP contribution in [-0.4, -0.2) is 35.2 Å². The van der Waals surface area contributed by atoms with E-state index in [1.54, 1.807) is 12.1 Å². The van der Waals surface area contributed by atoms with E-state index in [4.69, 9.17) is 0 Å². The predicted octanol–water partition coefficient (Wildman–Crippen LogP) is 3.26. The predicted molar refractivity (Wildman–Crippen MR) is 100.0 cm³/mol. The summed E-state index contributed by atoms with van der Waals surface area (Å²) in [7, 11) is -4.72. The molecule has 0 radical (unpaired) electrons. The van der Waals surface area contributed by atoms with E-state index < -0.39 is 20.0 Å². The van der Waals surface area contributed by atoms with Gasteiger partial charge in [0.25, 0.3) is 10.0 Å². The Kier molecular flexibility index (Phi) is 5.75. The lowest BCUT2D eigenvalue weighted by atomic mass is 10.3. The van der Waals surface area contributed by atoms with Gasteiger partial charge in [0, 0.05) is 23.0 Å². The van der Waals surface area contributed by atoms with Crippen molar-refractivity contribution in [2.24, 2.45) is 0 Å². The van der Waals surface area contributed by atoms with Crippen molar-refractivity contribution >= 4 is 57.6 Å². The minimum Gasteiger partial charge on any atom is -0.280 e. The number of hydrogen-bond donors (Lipinski definition) is 1. The minimum absolute atomic E-state index is 0.000933. The molecule has 0 aliphatic heterocycles. The molecular weight excluding hydrogens is 484 g/mol. The fourth-order valence-electron chi connectivity index (χ4n) is 1.82. The number of nitrogens with zero attached hydrogens (tertiary/aromatic N) is 1. The molecule has 2 aromatic carbocycles. The molecule has 0 amide bonds. The Labute approximate surface area is 158 Å². The van der Waals surface area contributed by atoms with E-state index in [0.717, 1.165) is 4.31 Å². The van der Waals surface area contributed by atoms with Crippen LogP contribution in [0.15, 0.2) is 61.2 Å². The molecule has 0 unspecified atom stereocenters. The molecule has 0 bridgehead atoms. The monoisotopic (exact) mass is 496 g/mol. The molecule has 0 fully saturated rings. The quantitative estimate of drug-likeness (QED) is 0.687. The Balaban J connectivity index is 2.43. The van der Waals surface area contributed by atoms with Crippen LogP contribution in [0.25, 0.3) is 0 Å². The lowest BCUT2D eigenvalue weighted by Crippen LogP contribution is -2.22. The van der Waals surface area contributed by atoms with Crippen molar-refractivity contribution in [2.45, 2.75) is 9.79 Å². The summed E-state index contributed by atoms with van der Waals surface area (Å²) in [5.41, 5.74) is 0.157. The first-order valence-electron chi connectivity index (χ1n) is 6.54. The van der Waals surface area contributed by atoms with Gasteiger partial charge >= 0.3 is 0 Å². The second kappa shape index (κ2) is 7.12. The third-order valence-electron chi connectivity index (χ3n) is 3.05. The van der Waals surface area contributed by atoms with Crippen LogP contribution in [0, 0.1) is 0 Å². The Bertz CT molecular complexity index is 974. The van der Waals surface area contributed by atoms with E-state index in [9.17, 15) is 16.8 Å². The number of sulfonamides is 2. The lowest BCUT2D eigenvalue weighted by Gasteiger charge is -2.14. The highest BCUT2D eigenvalue weighted by molar-refractivity contribution is 9.11. The Morgan fingerprint density at radius 1 is 0.958 bits per heavy atom. The second-order valence-corrected chi connectivity index (χ2v) is 10.6. The highest BCUT2D eigenvalue weighted by atomic mass is 79.9. The molecule has 0 saturated heterocycles. The lowest BCUT2D eigenvalue weighted by molar-refractivity contribution is 0.521. The van der Waals surface area contributed by atoms with Gasteiger partial charge in [-0.25, -0.2) is 21.1 Å². The normalized spacial score (nSPS) is 12.4. The van der Waals surface area contributed by atoms with Crippen molar-refractivity contribution < 1.29 is 16.8 Å². The number of benzene rings is 2. The van der Waals surface area contributed by atoms with Crippen LogP contribution in [0.5, 0.6) is 0 Å². The highest BCUT2D eigenvalue weighted by Crippen LogP contribution is 2.28. The molecule has 130 valence electrons. The smallest absolute Gasteiger partial charge is 0.263 e. The molecule has 6 nitrogen and oxygen atoms in total. The van der Waals surface area contributed by atoms with Gasteiger partial charge in [-0.1, -0.05) is 22.0 Å². The molecule has 10 heteroatoms. The van der Waals surface area contributed by atoms with Crippen molar-refractivity contribution in [3.05, 3.63) is 51.4 Å². The Morgan fingerprint density at radius 2 is 1.62 bits per heavy atom. The maximum atomic E-state index is 12.5. The maximum Gasteiger partial charge on any atom is 0.263 e. The summed E-state index contributed by atoms with van der Waals surface area (Å²) in [4.78, 5) is 0.0405. The molecule has 0 aliphatic rings. The summed E-state index contributed by atoms with van der Waals surface area (Å²) in [6.07, 6.45) is 0. The third kappa shape index (κ3) is 4.17. The molecule has 2 aromatic rings. The van der Waals surface area contributed by atoms with Gasteiger partial charge in [0.15, 0.2) is 0 Å². The zero-order valence-corrected chi connectivity index (χ0v) is 17.5. The van der Waals surface area contributed by atoms with E-state index >= 15 is 0 Å². The highest BCUT2D eigenvalue weighted by Gasteiger charge is 2.21. The van der Waals surface area contributed by atoms with Gasteiger partial charge in [0.2, 0.25) is 10.0 Å². The van der Waals surface area contributed by atoms with Gasteiger partial charge < -0.3 is 0 Å². The van der Waals surface area contributed by atoms with Crippen molar-refractivity contribution in [3.63, 3.8) is 0 Å². The molecule has 0 heterocycles. The van der Waals surface area contributed by atoms with Crippen LogP contribution in [0.1, 0.15) is 0 Å². The summed E-state index contributed by atoms with van der Waals surface area (Å²) < 4.78 is 53.9. The van der Waals surface area contributed by atoms with Gasteiger partial charge in [-0.2, -0.15) is 0 Å². The molecule has 0 atom stereocenters. The van der Waals surface area contributed by atoms with Crippen LogP contribution < -0.4 is 4.72 Å². The molecule has 2 rings (SSSR count). The summed E-state index contributed by atoms with van der Waals surface area (Å²) in [5, 5.41) is 0. The summed E-state index contributed by atoms with van der Waals surface area (Å²) in [5.74, 6) is 0. The standard InChI is InChI=1S/C14H14Br2N2O4S2/c1-18(2)24(21,22)12-5-3-4-11(9-12)17-23(19,20)14-8-10(15)6-7-13(14)16/h3-9,17H,1-2H3. The van der Waals surface area contributed by atoms with Gasteiger partial charge in [-0.3, -0.25) is 4.72 Å². The van der Waals surface area contributed by atoms with Gasteiger partial charge in [-0.15, -0.1) is 0 Å². The van der Waals surface area contributed by atoms with E-state index in [1.165, 1.54) is 44.4 Å². The first kappa shape index (κ1) is 19.4. The number of nitrogens with one attached hydrogen (secondary N) is 1. The molecule has 0 aliphatic carbocycles. The average Bonchev–Trinajstić information content (AvgIpc) is 2.49.